The maximum Gasteiger partial charge on any atom is 0.261 e. The molecule has 0 unspecified atom stereocenters. The van der Waals surface area contributed by atoms with Crippen molar-refractivity contribution >= 4 is 11.6 Å². The monoisotopic (exact) mass is 194 g/mol. The van der Waals surface area contributed by atoms with Crippen LogP contribution in [0.2, 0.25) is 0 Å². The fourth-order valence-electron chi connectivity index (χ4n) is 1.01. The van der Waals surface area contributed by atoms with Gasteiger partial charge in [0.2, 0.25) is 0 Å². The summed E-state index contributed by atoms with van der Waals surface area (Å²) >= 11 is 0. The van der Waals surface area contributed by atoms with Gasteiger partial charge < -0.3 is 16.0 Å². The average Bonchev–Trinajstić information content (AvgIpc) is 2.57. The predicted octanol–water partition coefficient (Wildman–Crippen LogP) is 1.04. The maximum absolute atomic E-state index is 13.0. The van der Waals surface area contributed by atoms with E-state index in [2.05, 4.69) is 10.1 Å². The highest BCUT2D eigenvalue weighted by atomic mass is 19.1. The molecule has 6 heteroatoms. The molecule has 5 nitrogen and oxygen atoms in total. The Bertz CT molecular complexity index is 468. The molecule has 14 heavy (non-hydrogen) atoms. The first-order valence-electron chi connectivity index (χ1n) is 3.81. The normalized spacial score (nSPS) is 10.4. The van der Waals surface area contributed by atoms with Crippen molar-refractivity contribution in [1.82, 2.24) is 10.1 Å². The molecule has 0 aliphatic heterocycles. The van der Waals surface area contributed by atoms with Crippen molar-refractivity contribution in [2.24, 2.45) is 0 Å². The molecule has 0 saturated heterocycles. The van der Waals surface area contributed by atoms with Crippen molar-refractivity contribution in [1.29, 1.82) is 0 Å². The molecule has 0 saturated carbocycles. The van der Waals surface area contributed by atoms with Crippen LogP contribution in [-0.4, -0.2) is 10.1 Å². The van der Waals surface area contributed by atoms with E-state index in [0.29, 0.717) is 5.56 Å². The molecule has 1 aromatic heterocycles. The molecule has 0 bridgehead atoms. The minimum Gasteiger partial charge on any atom is -0.396 e. The van der Waals surface area contributed by atoms with E-state index in [9.17, 15) is 4.39 Å². The Morgan fingerprint density at radius 3 is 2.64 bits per heavy atom. The van der Waals surface area contributed by atoms with Crippen LogP contribution in [0.4, 0.5) is 16.0 Å². The number of benzene rings is 1. The van der Waals surface area contributed by atoms with E-state index >= 15 is 0 Å². The molecule has 2 rings (SSSR count). The summed E-state index contributed by atoms with van der Waals surface area (Å²) in [5.41, 5.74) is 11.1. The highest BCUT2D eigenvalue weighted by molar-refractivity contribution is 5.58. The molecule has 0 fully saturated rings. The summed E-state index contributed by atoms with van der Waals surface area (Å²) in [5, 5.41) is 3.38. The van der Waals surface area contributed by atoms with Gasteiger partial charge in [-0.1, -0.05) is 0 Å². The summed E-state index contributed by atoms with van der Waals surface area (Å²) in [6.07, 6.45) is 0. The zero-order chi connectivity index (χ0) is 10.1. The second-order valence-electron chi connectivity index (χ2n) is 2.69. The maximum atomic E-state index is 13.0. The molecule has 0 aliphatic carbocycles. The third-order valence-corrected chi connectivity index (χ3v) is 1.69. The fraction of sp³-hybridized carbons (Fsp3) is 0. The molecule has 72 valence electrons. The first-order chi connectivity index (χ1) is 6.66. The van der Waals surface area contributed by atoms with Gasteiger partial charge in [-0.05, 0) is 23.4 Å². The quantitative estimate of drug-likeness (QED) is 0.662. The summed E-state index contributed by atoms with van der Waals surface area (Å²) in [6.45, 7) is 0. The number of hydrogen-bond acceptors (Lipinski definition) is 5. The molecular formula is C8H7FN4O. The number of anilines is 2. The third kappa shape index (κ3) is 1.37. The van der Waals surface area contributed by atoms with E-state index in [1.54, 1.807) is 6.07 Å². The number of nitrogen functional groups attached to an aromatic ring is 2. The fourth-order valence-corrected chi connectivity index (χ4v) is 1.01. The van der Waals surface area contributed by atoms with Crippen LogP contribution < -0.4 is 11.5 Å². The highest BCUT2D eigenvalue weighted by Gasteiger charge is 2.08. The lowest BCUT2D eigenvalue weighted by atomic mass is 10.2. The van der Waals surface area contributed by atoms with Gasteiger partial charge >= 0.3 is 0 Å². The molecular weight excluding hydrogens is 187 g/mol. The van der Waals surface area contributed by atoms with Gasteiger partial charge in [0.1, 0.15) is 5.82 Å². The lowest BCUT2D eigenvalue weighted by molar-refractivity contribution is 0.433. The second kappa shape index (κ2) is 2.99. The number of nitrogens with zero attached hydrogens (tertiary/aromatic N) is 2. The molecule has 0 atom stereocenters. The molecule has 0 spiro atoms. The van der Waals surface area contributed by atoms with Crippen LogP contribution in [0.1, 0.15) is 0 Å². The second-order valence-corrected chi connectivity index (χ2v) is 2.69. The first kappa shape index (κ1) is 8.49. The summed E-state index contributed by atoms with van der Waals surface area (Å²) in [5.74, 6) is -0.349. The van der Waals surface area contributed by atoms with Crippen molar-refractivity contribution in [3.8, 4) is 11.5 Å². The van der Waals surface area contributed by atoms with Crippen LogP contribution in [0.25, 0.3) is 11.5 Å². The summed E-state index contributed by atoms with van der Waals surface area (Å²) < 4.78 is 17.8. The van der Waals surface area contributed by atoms with Gasteiger partial charge in [0.05, 0.1) is 5.69 Å². The van der Waals surface area contributed by atoms with Crippen molar-refractivity contribution < 1.29 is 8.91 Å². The molecule has 2 aromatic rings. The molecule has 4 N–H and O–H groups in total. The Hall–Kier alpha value is -2.11. The van der Waals surface area contributed by atoms with Crippen LogP contribution >= 0.6 is 0 Å². The smallest absolute Gasteiger partial charge is 0.261 e. The van der Waals surface area contributed by atoms with Crippen LogP contribution in [0, 0.1) is 5.82 Å². The number of nitrogens with two attached hydrogens (primary N) is 2. The summed E-state index contributed by atoms with van der Waals surface area (Å²) in [7, 11) is 0. The van der Waals surface area contributed by atoms with Crippen LogP contribution in [-0.2, 0) is 0 Å². The predicted molar refractivity (Wildman–Crippen MR) is 48.5 cm³/mol. The molecule has 0 aliphatic rings. The minimum absolute atomic E-state index is 0.0113. The third-order valence-electron chi connectivity index (χ3n) is 1.69. The van der Waals surface area contributed by atoms with Gasteiger partial charge in [0, 0.05) is 5.56 Å². The Kier molecular flexibility index (Phi) is 1.81. The standard InChI is InChI=1S/C8H7FN4O/c9-5-3-4(1-2-6(5)10)7-12-8(11)13-14-7/h1-3H,10H2,(H2,11,13). The molecule has 1 heterocycles. The lowest BCUT2D eigenvalue weighted by Crippen LogP contribution is -1.90. The van der Waals surface area contributed by atoms with Gasteiger partial charge in [0.25, 0.3) is 11.8 Å². The summed E-state index contributed by atoms with van der Waals surface area (Å²) in [6, 6.07) is 4.21. The zero-order valence-electron chi connectivity index (χ0n) is 7.07. The minimum atomic E-state index is -0.528. The topological polar surface area (TPSA) is 91.0 Å². The zero-order valence-corrected chi connectivity index (χ0v) is 7.07. The van der Waals surface area contributed by atoms with E-state index < -0.39 is 5.82 Å². The molecule has 1 aromatic carbocycles. The van der Waals surface area contributed by atoms with Crippen LogP contribution in [0.15, 0.2) is 22.7 Å². The van der Waals surface area contributed by atoms with Gasteiger partial charge in [-0.15, -0.1) is 0 Å². The van der Waals surface area contributed by atoms with E-state index in [4.69, 9.17) is 16.0 Å². The van der Waals surface area contributed by atoms with E-state index in [0.717, 1.165) is 0 Å². The summed E-state index contributed by atoms with van der Waals surface area (Å²) in [4.78, 5) is 3.74. The van der Waals surface area contributed by atoms with Gasteiger partial charge in [0.15, 0.2) is 0 Å². The molecule has 0 radical (unpaired) electrons. The largest absolute Gasteiger partial charge is 0.396 e. The Labute approximate surface area is 78.5 Å². The van der Waals surface area contributed by atoms with Crippen molar-refractivity contribution in [3.05, 3.63) is 24.0 Å². The van der Waals surface area contributed by atoms with Crippen LogP contribution in [0.5, 0.6) is 0 Å². The lowest BCUT2D eigenvalue weighted by Gasteiger charge is -1.97. The first-order valence-corrected chi connectivity index (χ1v) is 3.81. The Morgan fingerprint density at radius 1 is 1.29 bits per heavy atom. The number of halogens is 1. The van der Waals surface area contributed by atoms with Gasteiger partial charge in [-0.3, -0.25) is 0 Å². The Morgan fingerprint density at radius 2 is 2.07 bits per heavy atom. The van der Waals surface area contributed by atoms with Crippen molar-refractivity contribution in [3.63, 3.8) is 0 Å². The van der Waals surface area contributed by atoms with Crippen LogP contribution in [0.3, 0.4) is 0 Å². The van der Waals surface area contributed by atoms with E-state index in [1.807, 2.05) is 0 Å². The van der Waals surface area contributed by atoms with Crippen molar-refractivity contribution in [2.45, 2.75) is 0 Å². The van der Waals surface area contributed by atoms with E-state index in [-0.39, 0.29) is 17.5 Å². The number of aromatic nitrogens is 2. The van der Waals surface area contributed by atoms with Crippen molar-refractivity contribution in [2.75, 3.05) is 11.5 Å². The van der Waals surface area contributed by atoms with E-state index in [1.165, 1.54) is 12.1 Å². The number of hydrogen-bond donors (Lipinski definition) is 2. The Balaban J connectivity index is 2.47. The number of rotatable bonds is 1. The highest BCUT2D eigenvalue weighted by Crippen LogP contribution is 2.21. The SMILES string of the molecule is Nc1noc(-c2ccc(N)c(F)c2)n1. The van der Waals surface area contributed by atoms with Gasteiger partial charge in [-0.25, -0.2) is 4.39 Å². The average molecular weight is 194 g/mol. The molecule has 0 amide bonds. The van der Waals surface area contributed by atoms with Gasteiger partial charge in [-0.2, -0.15) is 4.98 Å².